The van der Waals surface area contributed by atoms with Crippen molar-refractivity contribution in [1.82, 2.24) is 24.8 Å². The zero-order chi connectivity index (χ0) is 21.2. The molecule has 1 fully saturated rings. The number of hydrogen-bond donors (Lipinski definition) is 1. The van der Waals surface area contributed by atoms with E-state index in [0.717, 1.165) is 60.2 Å². The molecule has 2 aliphatic rings. The number of imidazole rings is 1. The molecule has 1 atom stereocenters. The van der Waals surface area contributed by atoms with Gasteiger partial charge in [-0.15, -0.1) is 0 Å². The lowest BCUT2D eigenvalue weighted by Gasteiger charge is -2.36. The Bertz CT molecular complexity index is 1050. The minimum Gasteiger partial charge on any atom is -0.348 e. The molecule has 1 saturated heterocycles. The molecule has 3 aromatic rings. The van der Waals surface area contributed by atoms with Gasteiger partial charge in [0.25, 0.3) is 0 Å². The van der Waals surface area contributed by atoms with Gasteiger partial charge in [-0.25, -0.2) is 15.0 Å². The zero-order valence-electron chi connectivity index (χ0n) is 17.9. The van der Waals surface area contributed by atoms with E-state index in [4.69, 9.17) is 9.97 Å². The zero-order valence-corrected chi connectivity index (χ0v) is 17.9. The van der Waals surface area contributed by atoms with E-state index in [2.05, 4.69) is 33.9 Å². The van der Waals surface area contributed by atoms with E-state index >= 15 is 0 Å². The van der Waals surface area contributed by atoms with Gasteiger partial charge in [-0.2, -0.15) is 0 Å². The van der Waals surface area contributed by atoms with E-state index in [9.17, 15) is 4.79 Å². The monoisotopic (exact) mass is 416 g/mol. The number of nitrogens with one attached hydrogen (secondary N) is 1. The van der Waals surface area contributed by atoms with Crippen LogP contribution in [0.15, 0.2) is 42.7 Å². The molecule has 1 unspecified atom stereocenters. The fourth-order valence-corrected chi connectivity index (χ4v) is 4.73. The van der Waals surface area contributed by atoms with Gasteiger partial charge in [0.1, 0.15) is 17.5 Å². The largest absolute Gasteiger partial charge is 0.348 e. The van der Waals surface area contributed by atoms with Crippen LogP contribution in [0.4, 0.5) is 5.82 Å². The summed E-state index contributed by atoms with van der Waals surface area (Å²) in [4.78, 5) is 34.7. The Morgan fingerprint density at radius 2 is 1.97 bits per heavy atom. The van der Waals surface area contributed by atoms with Crippen molar-refractivity contribution in [2.45, 2.75) is 58.2 Å². The van der Waals surface area contributed by atoms with Crippen molar-refractivity contribution in [3.05, 3.63) is 71.2 Å². The van der Waals surface area contributed by atoms with E-state index < -0.39 is 0 Å². The molecule has 7 heteroatoms. The third-order valence-corrected chi connectivity index (χ3v) is 6.36. The molecule has 31 heavy (non-hydrogen) atoms. The Kier molecular flexibility index (Phi) is 5.51. The lowest BCUT2D eigenvalue weighted by Crippen LogP contribution is -2.38. The number of carbonyl (C=O) groups excluding carboxylic acids is 1. The standard InChI is InChI=1S/C24H28N6O/c1-17-19-10-11-22(31)30(15-18-7-3-2-4-8-18)24(19)28-23(27-17)20-9-5-6-14-29(20)16-21-25-12-13-26-21/h2-4,7-8,12-13,20H,5-6,9-11,14-16H2,1H3,(H,25,26). The van der Waals surface area contributed by atoms with Gasteiger partial charge in [0.15, 0.2) is 0 Å². The summed E-state index contributed by atoms with van der Waals surface area (Å²) in [5.41, 5.74) is 3.21. The van der Waals surface area contributed by atoms with Crippen molar-refractivity contribution in [3.63, 3.8) is 0 Å². The minimum absolute atomic E-state index is 0.136. The molecule has 1 amide bonds. The van der Waals surface area contributed by atoms with Crippen LogP contribution < -0.4 is 4.90 Å². The van der Waals surface area contributed by atoms with E-state index in [1.54, 1.807) is 6.20 Å². The smallest absolute Gasteiger partial charge is 0.228 e. The second-order valence-electron chi connectivity index (χ2n) is 8.45. The van der Waals surface area contributed by atoms with Crippen LogP contribution in [0.2, 0.25) is 0 Å². The Labute approximate surface area is 182 Å². The van der Waals surface area contributed by atoms with Gasteiger partial charge in [0.05, 0.1) is 19.1 Å². The molecule has 0 radical (unpaired) electrons. The average molecular weight is 417 g/mol. The number of carbonyl (C=O) groups is 1. The first-order valence-electron chi connectivity index (χ1n) is 11.1. The fraction of sp³-hybridized carbons (Fsp3) is 0.417. The van der Waals surface area contributed by atoms with Crippen LogP contribution in [-0.2, 0) is 24.3 Å². The van der Waals surface area contributed by atoms with E-state index in [1.165, 1.54) is 6.42 Å². The molecule has 1 aromatic carbocycles. The molecule has 7 nitrogen and oxygen atoms in total. The van der Waals surface area contributed by atoms with Gasteiger partial charge >= 0.3 is 0 Å². The summed E-state index contributed by atoms with van der Waals surface area (Å²) in [7, 11) is 0. The predicted molar refractivity (Wildman–Crippen MR) is 118 cm³/mol. The first-order valence-corrected chi connectivity index (χ1v) is 11.1. The summed E-state index contributed by atoms with van der Waals surface area (Å²) in [6, 6.07) is 10.3. The van der Waals surface area contributed by atoms with Crippen LogP contribution in [0.5, 0.6) is 0 Å². The number of nitrogens with zero attached hydrogens (tertiary/aromatic N) is 5. The van der Waals surface area contributed by atoms with Crippen LogP contribution in [-0.4, -0.2) is 37.3 Å². The van der Waals surface area contributed by atoms with Crippen molar-refractivity contribution in [2.75, 3.05) is 11.4 Å². The summed E-state index contributed by atoms with van der Waals surface area (Å²) < 4.78 is 0. The quantitative estimate of drug-likeness (QED) is 0.686. The molecular weight excluding hydrogens is 388 g/mol. The highest BCUT2D eigenvalue weighted by atomic mass is 16.2. The molecule has 0 spiro atoms. The summed E-state index contributed by atoms with van der Waals surface area (Å²) in [6.45, 7) is 4.35. The number of fused-ring (bicyclic) bond motifs is 1. The molecule has 5 rings (SSSR count). The molecule has 0 aliphatic carbocycles. The van der Waals surface area contributed by atoms with Crippen LogP contribution in [0.1, 0.15) is 60.2 Å². The summed E-state index contributed by atoms with van der Waals surface area (Å²) >= 11 is 0. The molecule has 1 N–H and O–H groups in total. The number of piperidine rings is 1. The van der Waals surface area contributed by atoms with E-state index in [0.29, 0.717) is 19.4 Å². The normalized spacial score (nSPS) is 19.5. The molecule has 4 heterocycles. The first-order chi connectivity index (χ1) is 15.2. The maximum absolute atomic E-state index is 12.9. The number of hydrogen-bond acceptors (Lipinski definition) is 5. The third kappa shape index (κ3) is 4.10. The number of amides is 1. The predicted octanol–water partition coefficient (Wildman–Crippen LogP) is 3.71. The van der Waals surface area contributed by atoms with Gasteiger partial charge in [0, 0.05) is 30.1 Å². The number of rotatable bonds is 5. The van der Waals surface area contributed by atoms with Crippen molar-refractivity contribution in [3.8, 4) is 0 Å². The van der Waals surface area contributed by atoms with Gasteiger partial charge in [-0.1, -0.05) is 36.8 Å². The Morgan fingerprint density at radius 3 is 2.77 bits per heavy atom. The molecular formula is C24H28N6O. The number of aryl methyl sites for hydroxylation is 1. The molecule has 0 saturated carbocycles. The number of H-pyrrole nitrogens is 1. The van der Waals surface area contributed by atoms with Crippen molar-refractivity contribution >= 4 is 11.7 Å². The van der Waals surface area contributed by atoms with E-state index in [-0.39, 0.29) is 11.9 Å². The maximum Gasteiger partial charge on any atom is 0.228 e. The van der Waals surface area contributed by atoms with E-state index in [1.807, 2.05) is 29.3 Å². The Balaban J connectivity index is 1.49. The average Bonchev–Trinajstić information content (AvgIpc) is 3.30. The Morgan fingerprint density at radius 1 is 1.10 bits per heavy atom. The SMILES string of the molecule is Cc1nc(C2CCCCN2Cc2ncc[nH]2)nc2c1CCC(=O)N2Cc1ccccc1. The van der Waals surface area contributed by atoms with Crippen molar-refractivity contribution < 1.29 is 4.79 Å². The van der Waals surface area contributed by atoms with Gasteiger partial charge in [-0.05, 0) is 38.3 Å². The molecule has 2 aromatic heterocycles. The highest BCUT2D eigenvalue weighted by Crippen LogP contribution is 2.35. The third-order valence-electron chi connectivity index (χ3n) is 6.36. The van der Waals surface area contributed by atoms with Gasteiger partial charge in [-0.3, -0.25) is 14.6 Å². The van der Waals surface area contributed by atoms with Crippen molar-refractivity contribution in [2.24, 2.45) is 0 Å². The van der Waals surface area contributed by atoms with Crippen LogP contribution in [0.3, 0.4) is 0 Å². The number of aromatic nitrogens is 4. The molecule has 160 valence electrons. The number of aromatic amines is 1. The lowest BCUT2D eigenvalue weighted by molar-refractivity contribution is -0.119. The second-order valence-corrected chi connectivity index (χ2v) is 8.45. The highest BCUT2D eigenvalue weighted by Gasteiger charge is 2.32. The topological polar surface area (TPSA) is 78.0 Å². The number of benzene rings is 1. The molecule has 0 bridgehead atoms. The molecule has 2 aliphatic heterocycles. The second kappa shape index (κ2) is 8.59. The van der Waals surface area contributed by atoms with Crippen LogP contribution in [0, 0.1) is 6.92 Å². The Hall–Kier alpha value is -3.06. The first kappa shape index (κ1) is 19.9. The summed E-state index contributed by atoms with van der Waals surface area (Å²) in [5.74, 6) is 2.72. The van der Waals surface area contributed by atoms with Gasteiger partial charge in [0.2, 0.25) is 5.91 Å². The van der Waals surface area contributed by atoms with Crippen molar-refractivity contribution in [1.29, 1.82) is 0 Å². The fourth-order valence-electron chi connectivity index (χ4n) is 4.73. The number of anilines is 1. The lowest BCUT2D eigenvalue weighted by atomic mass is 9.99. The minimum atomic E-state index is 0.136. The highest BCUT2D eigenvalue weighted by molar-refractivity contribution is 5.95. The summed E-state index contributed by atoms with van der Waals surface area (Å²) in [5, 5.41) is 0. The van der Waals surface area contributed by atoms with Gasteiger partial charge < -0.3 is 4.98 Å². The van der Waals surface area contributed by atoms with Crippen LogP contribution in [0.25, 0.3) is 0 Å². The van der Waals surface area contributed by atoms with Crippen LogP contribution >= 0.6 is 0 Å². The summed E-state index contributed by atoms with van der Waals surface area (Å²) in [6.07, 6.45) is 8.22. The maximum atomic E-state index is 12.9. The number of likely N-dealkylation sites (tertiary alicyclic amines) is 1.